The lowest BCUT2D eigenvalue weighted by Crippen LogP contribution is -2.53. The molecule has 2 radical (unpaired) electrons. The van der Waals surface area contributed by atoms with E-state index in [1.54, 1.807) is 18.2 Å². The topological polar surface area (TPSA) is 57.6 Å². The minimum Gasteiger partial charge on any atom is -0.479 e. The lowest BCUT2D eigenvalue weighted by molar-refractivity contribution is -0.148. The van der Waals surface area contributed by atoms with Crippen LogP contribution in [0, 0.1) is 0 Å². The zero-order valence-corrected chi connectivity index (χ0v) is 14.6. The molecule has 1 heterocycles. The summed E-state index contributed by atoms with van der Waals surface area (Å²) in [6.45, 7) is 10.2. The van der Waals surface area contributed by atoms with Gasteiger partial charge < -0.3 is 10.0 Å². The lowest BCUT2D eigenvalue weighted by Gasteiger charge is -2.34. The first-order chi connectivity index (χ1) is 11.1. The number of carboxylic acid groups (broad SMARTS) is 1. The van der Waals surface area contributed by atoms with Crippen LogP contribution in [0.3, 0.4) is 0 Å². The van der Waals surface area contributed by atoms with E-state index in [-0.39, 0.29) is 17.7 Å². The number of carbonyl (C=O) groups excluding carboxylic acids is 1. The van der Waals surface area contributed by atoms with Gasteiger partial charge in [-0.2, -0.15) is 0 Å². The maximum Gasteiger partial charge on any atom is 0.329 e. The number of hydrogen-bond donors (Lipinski definition) is 1. The molecule has 1 aromatic rings. The van der Waals surface area contributed by atoms with Crippen LogP contribution in [0.4, 0.5) is 0 Å². The molecule has 1 aliphatic rings. The van der Waals surface area contributed by atoms with Crippen molar-refractivity contribution in [1.29, 1.82) is 0 Å². The Hall–Kier alpha value is -2.04. The van der Waals surface area contributed by atoms with E-state index in [1.165, 1.54) is 4.90 Å². The molecule has 1 fully saturated rings. The Morgan fingerprint density at radius 3 is 2.58 bits per heavy atom. The number of benzene rings is 1. The largest absolute Gasteiger partial charge is 0.479 e. The molecular weight excluding hydrogens is 301 g/mol. The Kier molecular flexibility index (Phi) is 4.93. The monoisotopic (exact) mass is 325 g/mol. The Morgan fingerprint density at radius 2 is 2.08 bits per heavy atom. The Labute approximate surface area is 145 Å². The van der Waals surface area contributed by atoms with Crippen LogP contribution in [0.15, 0.2) is 30.9 Å². The summed E-state index contributed by atoms with van der Waals surface area (Å²) in [5.74, 6) is -1.27. The average Bonchev–Trinajstić information content (AvgIpc) is 2.90. The van der Waals surface area contributed by atoms with E-state index in [4.69, 9.17) is 7.85 Å². The number of likely N-dealkylation sites (tertiary alicyclic amines) is 1. The first kappa shape index (κ1) is 18.3. The van der Waals surface area contributed by atoms with Crippen LogP contribution < -0.4 is 5.46 Å². The maximum absolute atomic E-state index is 12.9. The van der Waals surface area contributed by atoms with Gasteiger partial charge in [0.1, 0.15) is 13.4 Å². The molecule has 0 spiro atoms. The van der Waals surface area contributed by atoms with Crippen LogP contribution in [0.1, 0.15) is 56.0 Å². The molecular formula is C19H24BNO3. The third-order valence-electron chi connectivity index (χ3n) is 4.72. The quantitative estimate of drug-likeness (QED) is 0.683. The normalized spacial score (nSPS) is 20.9. The predicted octanol–water partition coefficient (Wildman–Crippen LogP) is 2.41. The molecule has 24 heavy (non-hydrogen) atoms. The summed E-state index contributed by atoms with van der Waals surface area (Å²) in [4.78, 5) is 26.2. The minimum atomic E-state index is -1.20. The second-order valence-electron chi connectivity index (χ2n) is 7.44. The van der Waals surface area contributed by atoms with E-state index in [0.29, 0.717) is 30.4 Å². The molecule has 2 rings (SSSR count). The zero-order chi connectivity index (χ0) is 18.1. The highest BCUT2D eigenvalue weighted by molar-refractivity contribution is 6.34. The molecule has 0 saturated carbocycles. The van der Waals surface area contributed by atoms with Gasteiger partial charge in [0.05, 0.1) is 0 Å². The molecule has 0 aromatic heterocycles. The highest BCUT2D eigenvalue weighted by Gasteiger charge is 2.49. The molecule has 0 bridgehead atoms. The summed E-state index contributed by atoms with van der Waals surface area (Å²) in [6.07, 6.45) is 2.91. The fourth-order valence-electron chi connectivity index (χ4n) is 3.47. The molecule has 0 aliphatic carbocycles. The maximum atomic E-state index is 12.9. The highest BCUT2D eigenvalue weighted by Crippen LogP contribution is 2.34. The van der Waals surface area contributed by atoms with Gasteiger partial charge in [0.2, 0.25) is 0 Å². The van der Waals surface area contributed by atoms with Crippen LogP contribution in [-0.4, -0.2) is 41.8 Å². The van der Waals surface area contributed by atoms with E-state index < -0.39 is 11.5 Å². The van der Waals surface area contributed by atoms with Gasteiger partial charge in [-0.15, -0.1) is 6.58 Å². The molecule has 1 amide bonds. The summed E-state index contributed by atoms with van der Waals surface area (Å²) in [7, 11) is 6.13. The smallest absolute Gasteiger partial charge is 0.329 e. The van der Waals surface area contributed by atoms with E-state index in [9.17, 15) is 14.7 Å². The van der Waals surface area contributed by atoms with Crippen molar-refractivity contribution in [2.45, 2.75) is 51.0 Å². The Morgan fingerprint density at radius 1 is 1.42 bits per heavy atom. The summed E-state index contributed by atoms with van der Waals surface area (Å²) in [5.41, 5.74) is 0.633. The van der Waals surface area contributed by atoms with Crippen molar-refractivity contribution in [2.75, 3.05) is 6.54 Å². The van der Waals surface area contributed by atoms with Crippen molar-refractivity contribution in [3.8, 4) is 0 Å². The third-order valence-corrected chi connectivity index (χ3v) is 4.72. The zero-order valence-electron chi connectivity index (χ0n) is 14.6. The molecule has 4 nitrogen and oxygen atoms in total. The van der Waals surface area contributed by atoms with E-state index in [1.807, 2.05) is 6.07 Å². The molecule has 1 saturated heterocycles. The predicted molar refractivity (Wildman–Crippen MR) is 96.0 cm³/mol. The van der Waals surface area contributed by atoms with Crippen molar-refractivity contribution in [3.63, 3.8) is 0 Å². The van der Waals surface area contributed by atoms with Crippen molar-refractivity contribution >= 4 is 25.2 Å². The molecule has 5 heteroatoms. The first-order valence-electron chi connectivity index (χ1n) is 8.20. The van der Waals surface area contributed by atoms with Crippen LogP contribution >= 0.6 is 0 Å². The van der Waals surface area contributed by atoms with Crippen LogP contribution in [0.25, 0.3) is 0 Å². The highest BCUT2D eigenvalue weighted by atomic mass is 16.4. The van der Waals surface area contributed by atoms with Crippen LogP contribution in [0.5, 0.6) is 0 Å². The summed E-state index contributed by atoms with van der Waals surface area (Å²) >= 11 is 0. The molecule has 1 atom stereocenters. The first-order valence-corrected chi connectivity index (χ1v) is 8.20. The summed E-state index contributed by atoms with van der Waals surface area (Å²) in [6, 6.07) is 5.24. The lowest BCUT2D eigenvalue weighted by atomic mass is 9.77. The minimum absolute atomic E-state index is 0.118. The van der Waals surface area contributed by atoms with Crippen molar-refractivity contribution in [1.82, 2.24) is 4.90 Å². The standard InChI is InChI=1S/C19H24BNO3/c1-5-9-19(17(23)24)10-6-11-21(19)16(22)13-7-8-14(15(20)12-13)18(2,3)4/h5,7-8,12H,1,6,9-11H2,2-4H3,(H,23,24). The number of carboxylic acids is 1. The Balaban J connectivity index is 2.39. The van der Waals surface area contributed by atoms with E-state index in [2.05, 4.69) is 27.4 Å². The average molecular weight is 325 g/mol. The number of hydrogen-bond acceptors (Lipinski definition) is 2. The summed E-state index contributed by atoms with van der Waals surface area (Å²) < 4.78 is 0. The van der Waals surface area contributed by atoms with Gasteiger partial charge in [-0.1, -0.05) is 44.4 Å². The number of amides is 1. The molecule has 1 N–H and O–H groups in total. The van der Waals surface area contributed by atoms with E-state index in [0.717, 1.165) is 5.56 Å². The van der Waals surface area contributed by atoms with E-state index >= 15 is 0 Å². The molecule has 1 aliphatic heterocycles. The van der Waals surface area contributed by atoms with Gasteiger partial charge in [0.25, 0.3) is 5.91 Å². The number of carbonyl (C=O) groups is 2. The van der Waals surface area contributed by atoms with Gasteiger partial charge in [-0.25, -0.2) is 4.79 Å². The number of aliphatic carboxylic acids is 1. The summed E-state index contributed by atoms with van der Waals surface area (Å²) in [5, 5.41) is 9.70. The van der Waals surface area contributed by atoms with Crippen LogP contribution in [-0.2, 0) is 10.2 Å². The van der Waals surface area contributed by atoms with Crippen molar-refractivity contribution < 1.29 is 14.7 Å². The van der Waals surface area contributed by atoms with Crippen LogP contribution in [0.2, 0.25) is 0 Å². The number of rotatable bonds is 4. The van der Waals surface area contributed by atoms with Gasteiger partial charge in [0.15, 0.2) is 0 Å². The Bertz CT molecular complexity index is 678. The fraction of sp³-hybridized carbons (Fsp3) is 0.474. The molecule has 1 aromatic carbocycles. The molecule has 126 valence electrons. The third kappa shape index (κ3) is 3.12. The van der Waals surface area contributed by atoms with Crippen molar-refractivity contribution in [3.05, 3.63) is 42.0 Å². The van der Waals surface area contributed by atoms with Gasteiger partial charge >= 0.3 is 5.97 Å². The van der Waals surface area contributed by atoms with Crippen molar-refractivity contribution in [2.24, 2.45) is 0 Å². The number of nitrogens with zero attached hydrogens (tertiary/aromatic N) is 1. The molecule has 1 unspecified atom stereocenters. The second-order valence-corrected chi connectivity index (χ2v) is 7.44. The van der Waals surface area contributed by atoms with Gasteiger partial charge in [0, 0.05) is 12.1 Å². The fourth-order valence-corrected chi connectivity index (χ4v) is 3.47. The van der Waals surface area contributed by atoms with Gasteiger partial charge in [-0.05, 0) is 36.3 Å². The van der Waals surface area contributed by atoms with Gasteiger partial charge in [-0.3, -0.25) is 4.79 Å². The second kappa shape index (κ2) is 6.46. The SMILES string of the molecule is [B]c1cc(C(=O)N2CCCC2(CC=C)C(=O)O)ccc1C(C)(C)C.